The zero-order valence-corrected chi connectivity index (χ0v) is 21.9. The van der Waals surface area contributed by atoms with Crippen LogP contribution in [0.5, 0.6) is 0 Å². The van der Waals surface area contributed by atoms with Gasteiger partial charge in [-0.15, -0.1) is 0 Å². The van der Waals surface area contributed by atoms with Crippen LogP contribution in [-0.4, -0.2) is 28.3 Å². The molecular weight excluding hydrogens is 505 g/mol. The lowest BCUT2D eigenvalue weighted by Crippen LogP contribution is -2.31. The molecule has 0 bridgehead atoms. The maximum absolute atomic E-state index is 15.0. The number of rotatable bonds is 7. The maximum atomic E-state index is 15.0. The quantitative estimate of drug-likeness (QED) is 0.253. The third kappa shape index (κ3) is 5.29. The molecule has 6 nitrogen and oxygen atoms in total. The molecule has 38 heavy (non-hydrogen) atoms. The summed E-state index contributed by atoms with van der Waals surface area (Å²) in [6.07, 6.45) is 4.98. The van der Waals surface area contributed by atoms with E-state index in [1.807, 2.05) is 41.1 Å². The second-order valence-electron chi connectivity index (χ2n) is 9.57. The van der Waals surface area contributed by atoms with Crippen LogP contribution in [0.4, 0.5) is 10.1 Å². The van der Waals surface area contributed by atoms with Gasteiger partial charge in [-0.2, -0.15) is 5.10 Å². The van der Waals surface area contributed by atoms with Gasteiger partial charge in [0, 0.05) is 10.4 Å². The van der Waals surface area contributed by atoms with E-state index in [0.717, 1.165) is 60.5 Å². The summed E-state index contributed by atoms with van der Waals surface area (Å²) in [6, 6.07) is 19.1. The molecule has 1 amide bonds. The summed E-state index contributed by atoms with van der Waals surface area (Å²) in [7, 11) is 0. The Morgan fingerprint density at radius 1 is 1.08 bits per heavy atom. The average Bonchev–Trinajstić information content (AvgIpc) is 3.30. The lowest BCUT2D eigenvalue weighted by molar-refractivity contribution is -0.119. The molecule has 1 aromatic heterocycles. The van der Waals surface area contributed by atoms with Crippen molar-refractivity contribution in [2.24, 2.45) is 5.92 Å². The SMILES string of the molecule is CCOC(=O)c1ccc(NC(=O)C(c2c3ccccc3nn2-c2ccc(Cl)cc2)C2CCCCC2)c(F)c1. The van der Waals surface area contributed by atoms with Crippen molar-refractivity contribution < 1.29 is 18.7 Å². The summed E-state index contributed by atoms with van der Waals surface area (Å²) < 4.78 is 21.8. The number of anilines is 1. The number of nitrogens with one attached hydrogen (secondary N) is 1. The molecule has 8 heteroatoms. The summed E-state index contributed by atoms with van der Waals surface area (Å²) in [5, 5.41) is 9.16. The smallest absolute Gasteiger partial charge is 0.338 e. The first kappa shape index (κ1) is 25.9. The van der Waals surface area contributed by atoms with Gasteiger partial charge in [-0.25, -0.2) is 13.9 Å². The number of esters is 1. The number of amides is 1. The maximum Gasteiger partial charge on any atom is 0.338 e. The van der Waals surface area contributed by atoms with Crippen molar-refractivity contribution in [3.8, 4) is 5.69 Å². The zero-order valence-electron chi connectivity index (χ0n) is 21.1. The molecule has 4 aromatic rings. The molecule has 0 spiro atoms. The highest BCUT2D eigenvalue weighted by Gasteiger charge is 2.36. The van der Waals surface area contributed by atoms with Crippen LogP contribution < -0.4 is 5.32 Å². The average molecular weight is 534 g/mol. The summed E-state index contributed by atoms with van der Waals surface area (Å²) >= 11 is 6.15. The van der Waals surface area contributed by atoms with Crippen molar-refractivity contribution in [1.82, 2.24) is 9.78 Å². The topological polar surface area (TPSA) is 73.2 Å². The number of carbonyl (C=O) groups excluding carboxylic acids is 2. The van der Waals surface area contributed by atoms with Crippen LogP contribution in [0.2, 0.25) is 5.02 Å². The van der Waals surface area contributed by atoms with E-state index in [1.165, 1.54) is 12.1 Å². The minimum absolute atomic E-state index is 0.0192. The Morgan fingerprint density at radius 2 is 1.82 bits per heavy atom. The molecule has 1 N–H and O–H groups in total. The van der Waals surface area contributed by atoms with E-state index in [1.54, 1.807) is 19.1 Å². The number of nitrogens with zero attached hydrogens (tertiary/aromatic N) is 2. The van der Waals surface area contributed by atoms with Crippen LogP contribution in [0.25, 0.3) is 16.6 Å². The van der Waals surface area contributed by atoms with E-state index in [-0.39, 0.29) is 29.7 Å². The van der Waals surface area contributed by atoms with Gasteiger partial charge in [0.2, 0.25) is 5.91 Å². The number of carbonyl (C=O) groups is 2. The zero-order chi connectivity index (χ0) is 26.6. The van der Waals surface area contributed by atoms with Crippen LogP contribution >= 0.6 is 11.6 Å². The van der Waals surface area contributed by atoms with E-state index in [9.17, 15) is 9.59 Å². The van der Waals surface area contributed by atoms with E-state index in [2.05, 4.69) is 5.32 Å². The third-order valence-corrected chi connectivity index (χ3v) is 7.38. The lowest BCUT2D eigenvalue weighted by atomic mass is 9.77. The van der Waals surface area contributed by atoms with Gasteiger partial charge in [0.05, 0.1) is 40.7 Å². The molecule has 1 fully saturated rings. The van der Waals surface area contributed by atoms with Gasteiger partial charge < -0.3 is 10.1 Å². The van der Waals surface area contributed by atoms with E-state index < -0.39 is 17.7 Å². The normalized spacial score (nSPS) is 14.8. The van der Waals surface area contributed by atoms with Crippen molar-refractivity contribution in [3.63, 3.8) is 0 Å². The van der Waals surface area contributed by atoms with Gasteiger partial charge in [0.25, 0.3) is 0 Å². The minimum Gasteiger partial charge on any atom is -0.462 e. The minimum atomic E-state index is -0.692. The summed E-state index contributed by atoms with van der Waals surface area (Å²) in [5.74, 6) is -2.11. The van der Waals surface area contributed by atoms with Crippen LogP contribution in [0.15, 0.2) is 66.7 Å². The van der Waals surface area contributed by atoms with Gasteiger partial charge in [0.15, 0.2) is 0 Å². The van der Waals surface area contributed by atoms with Crippen molar-refractivity contribution in [1.29, 1.82) is 0 Å². The first-order valence-corrected chi connectivity index (χ1v) is 13.3. The molecule has 0 saturated heterocycles. The fourth-order valence-corrected chi connectivity index (χ4v) is 5.45. The Bertz CT molecular complexity index is 1460. The van der Waals surface area contributed by atoms with Crippen LogP contribution in [0.3, 0.4) is 0 Å². The Hall–Kier alpha value is -3.71. The van der Waals surface area contributed by atoms with Gasteiger partial charge >= 0.3 is 5.97 Å². The molecule has 0 radical (unpaired) electrons. The van der Waals surface area contributed by atoms with Gasteiger partial charge in [0.1, 0.15) is 5.82 Å². The predicted molar refractivity (Wildman–Crippen MR) is 146 cm³/mol. The third-order valence-electron chi connectivity index (χ3n) is 7.12. The van der Waals surface area contributed by atoms with E-state index >= 15 is 4.39 Å². The molecule has 1 unspecified atom stereocenters. The Morgan fingerprint density at radius 3 is 2.53 bits per heavy atom. The Balaban J connectivity index is 1.58. The fraction of sp³-hybridized carbons (Fsp3) is 0.300. The van der Waals surface area contributed by atoms with Crippen LogP contribution in [0, 0.1) is 11.7 Å². The molecule has 1 aliphatic rings. The molecular formula is C30H29ClFN3O3. The molecule has 1 saturated carbocycles. The molecule has 1 aliphatic carbocycles. The monoisotopic (exact) mass is 533 g/mol. The highest BCUT2D eigenvalue weighted by atomic mass is 35.5. The van der Waals surface area contributed by atoms with E-state index in [4.69, 9.17) is 21.4 Å². The van der Waals surface area contributed by atoms with Crippen molar-refractivity contribution >= 4 is 40.1 Å². The molecule has 5 rings (SSSR count). The molecule has 3 aromatic carbocycles. The summed E-state index contributed by atoms with van der Waals surface area (Å²) in [6.45, 7) is 1.88. The second-order valence-corrected chi connectivity index (χ2v) is 10.0. The Kier molecular flexibility index (Phi) is 7.74. The Labute approximate surface area is 225 Å². The van der Waals surface area contributed by atoms with E-state index in [0.29, 0.717) is 5.02 Å². The number of fused-ring (bicyclic) bond motifs is 1. The van der Waals surface area contributed by atoms with Crippen molar-refractivity contribution in [2.75, 3.05) is 11.9 Å². The first-order valence-electron chi connectivity index (χ1n) is 13.0. The highest BCUT2D eigenvalue weighted by Crippen LogP contribution is 2.40. The predicted octanol–water partition coefficient (Wildman–Crippen LogP) is 7.30. The molecule has 1 heterocycles. The number of ether oxygens (including phenoxy) is 1. The van der Waals surface area contributed by atoms with Gasteiger partial charge in [-0.3, -0.25) is 4.79 Å². The fourth-order valence-electron chi connectivity index (χ4n) is 5.33. The number of hydrogen-bond donors (Lipinski definition) is 1. The highest BCUT2D eigenvalue weighted by molar-refractivity contribution is 6.30. The first-order chi connectivity index (χ1) is 18.5. The largest absolute Gasteiger partial charge is 0.462 e. The number of halogens is 2. The number of hydrogen-bond acceptors (Lipinski definition) is 4. The molecule has 1 atom stereocenters. The van der Waals surface area contributed by atoms with Crippen molar-refractivity contribution in [3.05, 3.63) is 88.8 Å². The lowest BCUT2D eigenvalue weighted by Gasteiger charge is -2.30. The summed E-state index contributed by atoms with van der Waals surface area (Å²) in [5.41, 5.74) is 2.45. The van der Waals surface area contributed by atoms with Crippen LogP contribution in [0.1, 0.15) is 61.0 Å². The second kappa shape index (κ2) is 11.4. The molecule has 196 valence electrons. The summed E-state index contributed by atoms with van der Waals surface area (Å²) in [4.78, 5) is 26.1. The van der Waals surface area contributed by atoms with Crippen molar-refractivity contribution in [2.45, 2.75) is 44.9 Å². The number of benzene rings is 3. The van der Waals surface area contributed by atoms with Crippen LogP contribution in [-0.2, 0) is 9.53 Å². The standard InChI is InChI=1S/C30H29ClFN3O3/c1-2-38-30(37)20-12-17-26(24(32)18-20)33-29(36)27(19-8-4-3-5-9-19)28-23-10-6-7-11-25(23)34-35(28)22-15-13-21(31)14-16-22/h6-7,10-19,27H,2-5,8-9H2,1H3,(H,33,36). The van der Waals surface area contributed by atoms with Gasteiger partial charge in [-0.1, -0.05) is 49.1 Å². The number of aromatic nitrogens is 2. The molecule has 0 aliphatic heterocycles. The van der Waals surface area contributed by atoms with Gasteiger partial charge in [-0.05, 0) is 74.2 Å².